The van der Waals surface area contributed by atoms with Gasteiger partial charge in [-0.15, -0.1) is 0 Å². The number of rotatable bonds is 2. The fraction of sp³-hybridized carbons (Fsp3) is 0.167. The molecule has 0 saturated carbocycles. The van der Waals surface area contributed by atoms with E-state index in [1.807, 2.05) is 38.1 Å². The van der Waals surface area contributed by atoms with Gasteiger partial charge in [-0.1, -0.05) is 42.5 Å². The van der Waals surface area contributed by atoms with Crippen LogP contribution in [0, 0.1) is 6.07 Å². The van der Waals surface area contributed by atoms with Gasteiger partial charge in [0.25, 0.3) is 0 Å². The summed E-state index contributed by atoms with van der Waals surface area (Å²) in [5, 5.41) is 0. The summed E-state index contributed by atoms with van der Waals surface area (Å²) in [6.07, 6.45) is 8.22. The van der Waals surface area contributed by atoms with Crippen LogP contribution in [0.3, 0.4) is 0 Å². The topological polar surface area (TPSA) is 0 Å². The van der Waals surface area contributed by atoms with Gasteiger partial charge in [0.15, 0.2) is 0 Å². The third kappa shape index (κ3) is 2.09. The molecular formula is C12H13. The molecule has 0 N–H and O–H groups in total. The molecule has 0 fully saturated rings. The monoisotopic (exact) mass is 157 g/mol. The lowest BCUT2D eigenvalue weighted by Gasteiger charge is -1.97. The van der Waals surface area contributed by atoms with Crippen LogP contribution in [0.2, 0.25) is 0 Å². The average molecular weight is 157 g/mol. The Bertz CT molecular complexity index is 262. The Kier molecular flexibility index (Phi) is 3.34. The van der Waals surface area contributed by atoms with Crippen LogP contribution in [-0.2, 0) is 0 Å². The predicted octanol–water partition coefficient (Wildman–Crippen LogP) is 3.55. The molecule has 0 nitrogen and oxygen atoms in total. The first-order valence-corrected chi connectivity index (χ1v) is 4.14. The van der Waals surface area contributed by atoms with Gasteiger partial charge in [0, 0.05) is 0 Å². The Morgan fingerprint density at radius 3 is 2.58 bits per heavy atom. The van der Waals surface area contributed by atoms with Gasteiger partial charge in [0.2, 0.25) is 0 Å². The van der Waals surface area contributed by atoms with Crippen LogP contribution in [-0.4, -0.2) is 0 Å². The van der Waals surface area contributed by atoms with Gasteiger partial charge in [-0.3, -0.25) is 0 Å². The Hall–Kier alpha value is -1.30. The first kappa shape index (κ1) is 8.79. The van der Waals surface area contributed by atoms with Crippen molar-refractivity contribution in [3.63, 3.8) is 0 Å². The van der Waals surface area contributed by atoms with E-state index < -0.39 is 0 Å². The van der Waals surface area contributed by atoms with Crippen molar-refractivity contribution in [3.8, 4) is 0 Å². The molecule has 0 heterocycles. The SMILES string of the molecule is C/C=C\c1[c]cccc1/C=C\C. The molecule has 0 aliphatic heterocycles. The molecule has 1 rings (SSSR count). The van der Waals surface area contributed by atoms with E-state index in [-0.39, 0.29) is 0 Å². The molecule has 0 spiro atoms. The van der Waals surface area contributed by atoms with Crippen molar-refractivity contribution in [2.75, 3.05) is 0 Å². The zero-order valence-corrected chi connectivity index (χ0v) is 7.54. The highest BCUT2D eigenvalue weighted by molar-refractivity contribution is 5.64. The van der Waals surface area contributed by atoms with E-state index >= 15 is 0 Å². The summed E-state index contributed by atoms with van der Waals surface area (Å²) >= 11 is 0. The highest BCUT2D eigenvalue weighted by atomic mass is 14.0. The summed E-state index contributed by atoms with van der Waals surface area (Å²) in [5.41, 5.74) is 2.37. The van der Waals surface area contributed by atoms with Crippen LogP contribution in [0.5, 0.6) is 0 Å². The van der Waals surface area contributed by atoms with Gasteiger partial charge < -0.3 is 0 Å². The lowest BCUT2D eigenvalue weighted by Crippen LogP contribution is -1.78. The van der Waals surface area contributed by atoms with Crippen LogP contribution in [0.15, 0.2) is 30.4 Å². The zero-order chi connectivity index (χ0) is 8.81. The largest absolute Gasteiger partial charge is 0.0870 e. The van der Waals surface area contributed by atoms with Crippen LogP contribution in [0.1, 0.15) is 25.0 Å². The standard InChI is InChI=1S/C12H13/c1-3-7-11-9-5-6-10-12(11)8-4-2/h3-9H,1-2H3/b7-3-,8-4-. The molecule has 0 saturated heterocycles. The first-order chi connectivity index (χ1) is 5.88. The summed E-state index contributed by atoms with van der Waals surface area (Å²) in [7, 11) is 0. The molecule has 0 aliphatic rings. The summed E-state index contributed by atoms with van der Waals surface area (Å²) in [4.78, 5) is 0. The van der Waals surface area contributed by atoms with E-state index in [1.165, 1.54) is 5.56 Å². The maximum absolute atomic E-state index is 3.18. The minimum atomic E-state index is 1.15. The molecule has 0 atom stereocenters. The van der Waals surface area contributed by atoms with Crippen molar-refractivity contribution in [2.45, 2.75) is 13.8 Å². The number of allylic oxidation sites excluding steroid dienone is 2. The fourth-order valence-corrected chi connectivity index (χ4v) is 1.10. The second-order valence-electron chi connectivity index (χ2n) is 2.54. The van der Waals surface area contributed by atoms with E-state index in [2.05, 4.69) is 24.3 Å². The fourth-order valence-electron chi connectivity index (χ4n) is 1.10. The highest BCUT2D eigenvalue weighted by Crippen LogP contribution is 2.11. The second-order valence-corrected chi connectivity index (χ2v) is 2.54. The molecule has 0 amide bonds. The quantitative estimate of drug-likeness (QED) is 0.615. The second kappa shape index (κ2) is 4.55. The van der Waals surface area contributed by atoms with Crippen LogP contribution < -0.4 is 0 Å². The van der Waals surface area contributed by atoms with Crippen molar-refractivity contribution >= 4 is 12.2 Å². The van der Waals surface area contributed by atoms with Crippen LogP contribution >= 0.6 is 0 Å². The summed E-state index contributed by atoms with van der Waals surface area (Å²) in [6, 6.07) is 9.21. The van der Waals surface area contributed by atoms with Crippen molar-refractivity contribution < 1.29 is 0 Å². The van der Waals surface area contributed by atoms with Crippen LogP contribution in [0.25, 0.3) is 12.2 Å². The van der Waals surface area contributed by atoms with Crippen LogP contribution in [0.4, 0.5) is 0 Å². The summed E-state index contributed by atoms with van der Waals surface area (Å²) in [5.74, 6) is 0. The normalized spacial score (nSPS) is 11.5. The van der Waals surface area contributed by atoms with Gasteiger partial charge in [-0.2, -0.15) is 0 Å². The lowest BCUT2D eigenvalue weighted by atomic mass is 10.1. The molecule has 61 valence electrons. The van der Waals surface area contributed by atoms with E-state index in [1.54, 1.807) is 0 Å². The zero-order valence-electron chi connectivity index (χ0n) is 7.54. The minimum Gasteiger partial charge on any atom is -0.0870 e. The maximum atomic E-state index is 3.18. The first-order valence-electron chi connectivity index (χ1n) is 4.14. The van der Waals surface area contributed by atoms with Gasteiger partial charge >= 0.3 is 0 Å². The Morgan fingerprint density at radius 2 is 1.92 bits per heavy atom. The lowest BCUT2D eigenvalue weighted by molar-refractivity contribution is 1.58. The Labute approximate surface area is 74.2 Å². The minimum absolute atomic E-state index is 1.15. The maximum Gasteiger partial charge on any atom is -0.00993 e. The molecule has 0 heteroatoms. The predicted molar refractivity (Wildman–Crippen MR) is 54.7 cm³/mol. The van der Waals surface area contributed by atoms with E-state index in [9.17, 15) is 0 Å². The Balaban J connectivity index is 3.08. The summed E-state index contributed by atoms with van der Waals surface area (Å²) < 4.78 is 0. The van der Waals surface area contributed by atoms with Crippen molar-refractivity contribution in [2.24, 2.45) is 0 Å². The third-order valence-corrected chi connectivity index (χ3v) is 1.60. The molecule has 1 aromatic carbocycles. The molecular weight excluding hydrogens is 144 g/mol. The molecule has 1 aromatic rings. The van der Waals surface area contributed by atoms with Crippen molar-refractivity contribution in [1.29, 1.82) is 0 Å². The Morgan fingerprint density at radius 1 is 1.17 bits per heavy atom. The van der Waals surface area contributed by atoms with Crippen molar-refractivity contribution in [3.05, 3.63) is 47.5 Å². The molecule has 0 bridgehead atoms. The van der Waals surface area contributed by atoms with Gasteiger partial charge in [0.1, 0.15) is 0 Å². The van der Waals surface area contributed by atoms with Gasteiger partial charge in [-0.05, 0) is 31.0 Å². The van der Waals surface area contributed by atoms with E-state index in [0.717, 1.165) is 5.56 Å². The van der Waals surface area contributed by atoms with Gasteiger partial charge in [-0.25, -0.2) is 0 Å². The molecule has 0 aromatic heterocycles. The third-order valence-electron chi connectivity index (χ3n) is 1.60. The van der Waals surface area contributed by atoms with Gasteiger partial charge in [0.05, 0.1) is 0 Å². The molecule has 0 aliphatic carbocycles. The molecule has 12 heavy (non-hydrogen) atoms. The number of hydrogen-bond donors (Lipinski definition) is 0. The van der Waals surface area contributed by atoms with E-state index in [4.69, 9.17) is 0 Å². The average Bonchev–Trinajstić information content (AvgIpc) is 2.09. The summed E-state index contributed by atoms with van der Waals surface area (Å²) in [6.45, 7) is 4.03. The molecule has 0 unspecified atom stereocenters. The molecule has 1 radical (unpaired) electrons. The van der Waals surface area contributed by atoms with Crippen molar-refractivity contribution in [1.82, 2.24) is 0 Å². The number of hydrogen-bond acceptors (Lipinski definition) is 0. The highest BCUT2D eigenvalue weighted by Gasteiger charge is 1.91. The van der Waals surface area contributed by atoms with E-state index in [0.29, 0.717) is 0 Å². The smallest absolute Gasteiger partial charge is 0.00993 e. The number of benzene rings is 1.